The average molecular weight is 284 g/mol. The Morgan fingerprint density at radius 2 is 1.89 bits per heavy atom. The molecule has 100 valence electrons. The van der Waals surface area contributed by atoms with Crippen molar-refractivity contribution in [2.24, 2.45) is 0 Å². The van der Waals surface area contributed by atoms with Crippen LogP contribution in [0.4, 0.5) is 18.2 Å². The molecule has 3 rings (SSSR count). The summed E-state index contributed by atoms with van der Waals surface area (Å²) >= 11 is 1.30. The number of aromatic nitrogens is 1. The van der Waals surface area contributed by atoms with Gasteiger partial charge in [-0.2, -0.15) is 13.2 Å². The molecule has 2 aromatic rings. The first-order chi connectivity index (χ1) is 8.97. The highest BCUT2D eigenvalue weighted by Gasteiger charge is 2.35. The van der Waals surface area contributed by atoms with Gasteiger partial charge in [-0.25, -0.2) is 4.98 Å². The second kappa shape index (κ2) is 4.23. The van der Waals surface area contributed by atoms with E-state index >= 15 is 0 Å². The Morgan fingerprint density at radius 1 is 1.21 bits per heavy atom. The van der Waals surface area contributed by atoms with Crippen LogP contribution in [0.3, 0.4) is 0 Å². The normalized spacial score (nSPS) is 15.7. The van der Waals surface area contributed by atoms with Gasteiger partial charge in [-0.3, -0.25) is 0 Å². The van der Waals surface area contributed by atoms with E-state index in [1.165, 1.54) is 23.5 Å². The summed E-state index contributed by atoms with van der Waals surface area (Å²) in [5, 5.41) is 1.21. The fourth-order valence-electron chi connectivity index (χ4n) is 1.98. The summed E-state index contributed by atoms with van der Waals surface area (Å²) in [5.41, 5.74) is 5.48. The molecule has 0 unspecified atom stereocenters. The minimum atomic E-state index is -4.40. The molecule has 0 atom stereocenters. The second-order valence-electron chi connectivity index (χ2n) is 4.58. The molecule has 6 heteroatoms. The Balaban J connectivity index is 2.11. The lowest BCUT2D eigenvalue weighted by Gasteiger charge is -2.11. The molecule has 1 fully saturated rings. The fraction of sp³-hybridized carbons (Fsp3) is 0.308. The number of nitrogen functional groups attached to an aromatic ring is 1. The second-order valence-corrected chi connectivity index (χ2v) is 5.64. The molecule has 1 saturated carbocycles. The predicted octanol–water partition coefficient (Wildman–Crippen LogP) is 4.29. The predicted molar refractivity (Wildman–Crippen MR) is 68.9 cm³/mol. The van der Waals surface area contributed by atoms with Crippen molar-refractivity contribution in [2.75, 3.05) is 5.73 Å². The van der Waals surface area contributed by atoms with E-state index in [0.717, 1.165) is 23.9 Å². The Morgan fingerprint density at radius 3 is 2.53 bits per heavy atom. The van der Waals surface area contributed by atoms with Gasteiger partial charge in [0, 0.05) is 11.5 Å². The first-order valence-electron chi connectivity index (χ1n) is 5.89. The Hall–Kier alpha value is -1.56. The highest BCUT2D eigenvalue weighted by molar-refractivity contribution is 7.16. The van der Waals surface area contributed by atoms with Crippen molar-refractivity contribution in [1.29, 1.82) is 0 Å². The van der Waals surface area contributed by atoms with Crippen molar-refractivity contribution in [3.05, 3.63) is 34.8 Å². The van der Waals surface area contributed by atoms with E-state index < -0.39 is 11.7 Å². The summed E-state index contributed by atoms with van der Waals surface area (Å²) in [7, 11) is 0. The fourth-order valence-corrected chi connectivity index (χ4v) is 3.00. The van der Waals surface area contributed by atoms with Crippen molar-refractivity contribution in [2.45, 2.75) is 24.9 Å². The van der Waals surface area contributed by atoms with Gasteiger partial charge in [-0.15, -0.1) is 11.3 Å². The summed E-state index contributed by atoms with van der Waals surface area (Å²) in [6.07, 6.45) is -2.30. The minimum Gasteiger partial charge on any atom is -0.389 e. The lowest BCUT2D eigenvalue weighted by Crippen LogP contribution is -2.07. The number of anilines is 1. The van der Waals surface area contributed by atoms with Crippen molar-refractivity contribution >= 4 is 16.3 Å². The van der Waals surface area contributed by atoms with Crippen molar-refractivity contribution in [1.82, 2.24) is 4.98 Å². The van der Waals surface area contributed by atoms with Crippen LogP contribution in [0, 0.1) is 0 Å². The molecule has 1 aliphatic rings. The van der Waals surface area contributed by atoms with Crippen LogP contribution in [-0.2, 0) is 6.18 Å². The van der Waals surface area contributed by atoms with E-state index in [2.05, 4.69) is 4.98 Å². The summed E-state index contributed by atoms with van der Waals surface area (Å²) in [4.78, 5) is 4.31. The summed E-state index contributed by atoms with van der Waals surface area (Å²) in [5.74, 6) is 0.388. The van der Waals surface area contributed by atoms with Crippen LogP contribution in [0.2, 0.25) is 0 Å². The zero-order valence-electron chi connectivity index (χ0n) is 9.87. The minimum absolute atomic E-state index is 0.0654. The summed E-state index contributed by atoms with van der Waals surface area (Å²) < 4.78 is 38.9. The molecule has 2 nitrogen and oxygen atoms in total. The Labute approximate surface area is 112 Å². The van der Waals surface area contributed by atoms with Crippen LogP contribution in [0.1, 0.15) is 29.3 Å². The van der Waals surface area contributed by atoms with E-state index in [-0.39, 0.29) is 11.3 Å². The Bertz CT molecular complexity index is 615. The van der Waals surface area contributed by atoms with Crippen LogP contribution < -0.4 is 5.73 Å². The number of rotatable bonds is 2. The number of alkyl halides is 3. The monoisotopic (exact) mass is 284 g/mol. The van der Waals surface area contributed by atoms with Gasteiger partial charge in [0.2, 0.25) is 0 Å². The highest BCUT2D eigenvalue weighted by Crippen LogP contribution is 2.46. The smallest absolute Gasteiger partial charge is 0.389 e. The standard InChI is InChI=1S/C13H11F3N2S/c14-13(15,16)9-4-2-1-3-8(9)10-11(17)19-12(18-10)7-5-6-7/h1-4,7H,5-6,17H2. The molecule has 0 saturated heterocycles. The Kier molecular flexibility index (Phi) is 2.78. The van der Waals surface area contributed by atoms with Gasteiger partial charge in [0.15, 0.2) is 0 Å². The van der Waals surface area contributed by atoms with Gasteiger partial charge in [0.1, 0.15) is 10.7 Å². The lowest BCUT2D eigenvalue weighted by molar-refractivity contribution is -0.137. The molecular formula is C13H11F3N2S. The van der Waals surface area contributed by atoms with Gasteiger partial charge >= 0.3 is 6.18 Å². The number of nitrogens with two attached hydrogens (primary N) is 1. The molecule has 0 spiro atoms. The maximum absolute atomic E-state index is 13.0. The lowest BCUT2D eigenvalue weighted by atomic mass is 10.0. The van der Waals surface area contributed by atoms with Gasteiger partial charge < -0.3 is 5.73 Å². The maximum atomic E-state index is 13.0. The molecule has 0 radical (unpaired) electrons. The zero-order valence-corrected chi connectivity index (χ0v) is 10.7. The van der Waals surface area contributed by atoms with Crippen molar-refractivity contribution in [3.8, 4) is 11.3 Å². The molecule has 0 aliphatic heterocycles. The van der Waals surface area contributed by atoms with E-state index in [9.17, 15) is 13.2 Å². The summed E-state index contributed by atoms with van der Waals surface area (Å²) in [6.45, 7) is 0. The van der Waals surface area contributed by atoms with Gasteiger partial charge in [-0.05, 0) is 18.9 Å². The van der Waals surface area contributed by atoms with E-state index in [0.29, 0.717) is 10.9 Å². The molecule has 1 aliphatic carbocycles. The number of halogens is 3. The zero-order chi connectivity index (χ0) is 13.6. The third-order valence-electron chi connectivity index (χ3n) is 3.08. The van der Waals surface area contributed by atoms with E-state index in [1.807, 2.05) is 0 Å². The molecule has 1 aromatic heterocycles. The van der Waals surface area contributed by atoms with Crippen LogP contribution in [0.5, 0.6) is 0 Å². The molecular weight excluding hydrogens is 273 g/mol. The van der Waals surface area contributed by atoms with Crippen LogP contribution in [0.25, 0.3) is 11.3 Å². The van der Waals surface area contributed by atoms with Crippen molar-refractivity contribution < 1.29 is 13.2 Å². The molecule has 19 heavy (non-hydrogen) atoms. The molecule has 1 heterocycles. The molecule has 2 N–H and O–H groups in total. The van der Waals surface area contributed by atoms with Gasteiger partial charge in [0.25, 0.3) is 0 Å². The van der Waals surface area contributed by atoms with E-state index in [4.69, 9.17) is 5.73 Å². The topological polar surface area (TPSA) is 38.9 Å². The number of hydrogen-bond acceptors (Lipinski definition) is 3. The van der Waals surface area contributed by atoms with Crippen LogP contribution in [-0.4, -0.2) is 4.98 Å². The SMILES string of the molecule is Nc1sc(C2CC2)nc1-c1ccccc1C(F)(F)F. The third-order valence-corrected chi connectivity index (χ3v) is 4.13. The van der Waals surface area contributed by atoms with Crippen LogP contribution in [0.15, 0.2) is 24.3 Å². The highest BCUT2D eigenvalue weighted by atomic mass is 32.1. The molecule has 0 amide bonds. The number of nitrogens with zero attached hydrogens (tertiary/aromatic N) is 1. The maximum Gasteiger partial charge on any atom is 0.417 e. The third kappa shape index (κ3) is 2.32. The molecule has 1 aromatic carbocycles. The molecule has 0 bridgehead atoms. The largest absolute Gasteiger partial charge is 0.417 e. The number of hydrogen-bond donors (Lipinski definition) is 1. The number of benzene rings is 1. The van der Waals surface area contributed by atoms with E-state index in [1.54, 1.807) is 6.07 Å². The van der Waals surface area contributed by atoms with Crippen molar-refractivity contribution in [3.63, 3.8) is 0 Å². The first kappa shape index (κ1) is 12.5. The summed E-state index contributed by atoms with van der Waals surface area (Å²) in [6, 6.07) is 5.42. The van der Waals surface area contributed by atoms with Crippen LogP contribution >= 0.6 is 11.3 Å². The average Bonchev–Trinajstić information content (AvgIpc) is 3.12. The number of thiazole rings is 1. The van der Waals surface area contributed by atoms with Gasteiger partial charge in [-0.1, -0.05) is 18.2 Å². The van der Waals surface area contributed by atoms with Gasteiger partial charge in [0.05, 0.1) is 10.6 Å². The first-order valence-corrected chi connectivity index (χ1v) is 6.71. The quantitative estimate of drug-likeness (QED) is 0.893.